The first-order chi connectivity index (χ1) is 15.5. The Hall–Kier alpha value is -2.38. The zero-order valence-corrected chi connectivity index (χ0v) is 21.4. The Bertz CT molecular complexity index is 1030. The van der Waals surface area contributed by atoms with Gasteiger partial charge in [-0.2, -0.15) is 0 Å². The third kappa shape index (κ3) is 6.81. The molecule has 0 fully saturated rings. The second kappa shape index (κ2) is 11.7. The molecular formula is C25H35ClN2O5. The van der Waals surface area contributed by atoms with Gasteiger partial charge in [-0.25, -0.2) is 9.78 Å². The number of ether oxygens (including phenoxy) is 3. The van der Waals surface area contributed by atoms with E-state index in [0.29, 0.717) is 36.2 Å². The molecule has 0 saturated carbocycles. The van der Waals surface area contributed by atoms with Crippen molar-refractivity contribution < 1.29 is 19.0 Å². The molecule has 1 atom stereocenters. The molecule has 0 aliphatic heterocycles. The van der Waals surface area contributed by atoms with Crippen molar-refractivity contribution in [3.63, 3.8) is 0 Å². The fourth-order valence-corrected chi connectivity index (χ4v) is 4.00. The van der Waals surface area contributed by atoms with Gasteiger partial charge in [-0.15, -0.1) is 0 Å². The fourth-order valence-electron chi connectivity index (χ4n) is 3.76. The van der Waals surface area contributed by atoms with Crippen molar-refractivity contribution in [2.75, 3.05) is 26.9 Å². The summed E-state index contributed by atoms with van der Waals surface area (Å²) in [5, 5.41) is 0.324. The van der Waals surface area contributed by atoms with Gasteiger partial charge >= 0.3 is 5.97 Å². The Labute approximate surface area is 201 Å². The minimum atomic E-state index is -0.599. The van der Waals surface area contributed by atoms with Crippen LogP contribution in [0.5, 0.6) is 5.75 Å². The zero-order chi connectivity index (χ0) is 24.8. The van der Waals surface area contributed by atoms with Crippen LogP contribution in [0.25, 0.3) is 0 Å². The SMILES string of the molecule is CCOC(=O)c1c(C)n(C(Cc2cc(OCCCOC)c(Cl)nc2C)C(C)(C)C)ccc1=O. The van der Waals surface area contributed by atoms with E-state index in [9.17, 15) is 9.59 Å². The average molecular weight is 479 g/mol. The van der Waals surface area contributed by atoms with Crippen molar-refractivity contribution in [2.24, 2.45) is 5.41 Å². The maximum absolute atomic E-state index is 12.5. The average Bonchev–Trinajstić information content (AvgIpc) is 2.72. The molecule has 2 aromatic rings. The van der Waals surface area contributed by atoms with Gasteiger partial charge in [0.25, 0.3) is 0 Å². The summed E-state index contributed by atoms with van der Waals surface area (Å²) in [6.45, 7) is 13.1. The first-order valence-electron chi connectivity index (χ1n) is 11.2. The van der Waals surface area contributed by atoms with Crippen LogP contribution in [0.15, 0.2) is 23.1 Å². The summed E-state index contributed by atoms with van der Waals surface area (Å²) in [7, 11) is 1.65. The lowest BCUT2D eigenvalue weighted by Crippen LogP contribution is -2.31. The minimum Gasteiger partial charge on any atom is -0.490 e. The molecule has 0 N–H and O–H groups in total. The third-order valence-corrected chi connectivity index (χ3v) is 5.87. The topological polar surface area (TPSA) is 79.7 Å². The van der Waals surface area contributed by atoms with Crippen molar-refractivity contribution >= 4 is 17.6 Å². The number of esters is 1. The highest BCUT2D eigenvalue weighted by atomic mass is 35.5. The normalized spacial score (nSPS) is 12.5. The first-order valence-corrected chi connectivity index (χ1v) is 11.6. The number of pyridine rings is 2. The summed E-state index contributed by atoms with van der Waals surface area (Å²) in [4.78, 5) is 29.4. The summed E-state index contributed by atoms with van der Waals surface area (Å²) >= 11 is 6.33. The Morgan fingerprint density at radius 2 is 1.94 bits per heavy atom. The van der Waals surface area contributed by atoms with Crippen LogP contribution in [-0.2, 0) is 15.9 Å². The monoisotopic (exact) mass is 478 g/mol. The number of hydrogen-bond acceptors (Lipinski definition) is 6. The van der Waals surface area contributed by atoms with Crippen molar-refractivity contribution in [2.45, 2.75) is 60.4 Å². The predicted molar refractivity (Wildman–Crippen MR) is 130 cm³/mol. The van der Waals surface area contributed by atoms with Crippen LogP contribution < -0.4 is 10.2 Å². The van der Waals surface area contributed by atoms with E-state index in [-0.39, 0.29) is 29.1 Å². The van der Waals surface area contributed by atoms with Gasteiger partial charge in [0.05, 0.1) is 13.2 Å². The molecule has 0 aliphatic rings. The predicted octanol–water partition coefficient (Wildman–Crippen LogP) is 4.94. The molecule has 0 aromatic carbocycles. The largest absolute Gasteiger partial charge is 0.490 e. The number of nitrogens with zero attached hydrogens (tertiary/aromatic N) is 2. The lowest BCUT2D eigenvalue weighted by Gasteiger charge is -2.35. The molecule has 0 amide bonds. The van der Waals surface area contributed by atoms with E-state index in [1.807, 2.05) is 17.6 Å². The number of carbonyl (C=O) groups excluding carboxylic acids is 1. The number of hydrogen-bond donors (Lipinski definition) is 0. The molecule has 0 radical (unpaired) electrons. The van der Waals surface area contributed by atoms with Crippen molar-refractivity contribution in [1.29, 1.82) is 0 Å². The van der Waals surface area contributed by atoms with Gasteiger partial charge in [-0.1, -0.05) is 32.4 Å². The summed E-state index contributed by atoms with van der Waals surface area (Å²) in [6, 6.07) is 3.28. The van der Waals surface area contributed by atoms with E-state index >= 15 is 0 Å². The maximum atomic E-state index is 12.5. The number of methoxy groups -OCH3 is 1. The van der Waals surface area contributed by atoms with E-state index in [1.165, 1.54) is 6.07 Å². The first kappa shape index (κ1) is 26.9. The molecule has 1 unspecified atom stereocenters. The Morgan fingerprint density at radius 1 is 1.24 bits per heavy atom. The molecule has 0 spiro atoms. The number of rotatable bonds is 10. The van der Waals surface area contributed by atoms with Crippen molar-refractivity contribution in [3.05, 3.63) is 56.2 Å². The van der Waals surface area contributed by atoms with E-state index in [2.05, 4.69) is 25.8 Å². The van der Waals surface area contributed by atoms with Crippen LogP contribution in [0.1, 0.15) is 67.5 Å². The van der Waals surface area contributed by atoms with Crippen LogP contribution >= 0.6 is 11.6 Å². The molecule has 0 aliphatic carbocycles. The molecule has 7 nitrogen and oxygen atoms in total. The minimum absolute atomic E-state index is 0.0710. The number of halogens is 1. The number of aryl methyl sites for hydroxylation is 1. The smallest absolute Gasteiger partial charge is 0.343 e. The maximum Gasteiger partial charge on any atom is 0.343 e. The third-order valence-electron chi connectivity index (χ3n) is 5.60. The molecule has 2 heterocycles. The second-order valence-electron chi connectivity index (χ2n) is 9.07. The summed E-state index contributed by atoms with van der Waals surface area (Å²) in [5.74, 6) is -0.0667. The highest BCUT2D eigenvalue weighted by Crippen LogP contribution is 2.36. The van der Waals surface area contributed by atoms with Gasteiger partial charge in [-0.05, 0) is 44.2 Å². The molecule has 0 bridgehead atoms. The molecule has 182 valence electrons. The highest BCUT2D eigenvalue weighted by molar-refractivity contribution is 6.30. The van der Waals surface area contributed by atoms with Crippen LogP contribution in [0.2, 0.25) is 5.15 Å². The van der Waals surface area contributed by atoms with Crippen LogP contribution in [0, 0.1) is 19.3 Å². The van der Waals surface area contributed by atoms with Crippen molar-refractivity contribution in [3.8, 4) is 5.75 Å². The van der Waals surface area contributed by atoms with Gasteiger partial charge in [0.15, 0.2) is 16.3 Å². The standard InChI is InChI=1S/C25H35ClN2O5/c1-8-32-24(30)22-17(3)28(11-10-19(22)29)21(25(4,5)6)15-18-14-20(23(26)27-16(18)2)33-13-9-12-31-7/h10-11,14,21H,8-9,12-13,15H2,1-7H3. The Balaban J connectivity index is 2.47. The second-order valence-corrected chi connectivity index (χ2v) is 9.43. The Morgan fingerprint density at radius 3 is 2.55 bits per heavy atom. The van der Waals surface area contributed by atoms with Gasteiger partial charge in [0.1, 0.15) is 5.56 Å². The molecule has 33 heavy (non-hydrogen) atoms. The summed E-state index contributed by atoms with van der Waals surface area (Å²) in [5.41, 5.74) is 1.90. The zero-order valence-electron chi connectivity index (χ0n) is 20.7. The summed E-state index contributed by atoms with van der Waals surface area (Å²) in [6.07, 6.45) is 3.10. The molecular weight excluding hydrogens is 444 g/mol. The molecule has 0 saturated heterocycles. The van der Waals surface area contributed by atoms with Gasteiger partial charge in [-0.3, -0.25) is 4.79 Å². The van der Waals surface area contributed by atoms with Crippen LogP contribution in [-0.4, -0.2) is 42.5 Å². The van der Waals surface area contributed by atoms with E-state index in [1.54, 1.807) is 27.2 Å². The van der Waals surface area contributed by atoms with Gasteiger partial charge < -0.3 is 18.8 Å². The van der Waals surface area contributed by atoms with E-state index < -0.39 is 5.97 Å². The quantitative estimate of drug-likeness (QED) is 0.273. The Kier molecular flexibility index (Phi) is 9.49. The lowest BCUT2D eigenvalue weighted by atomic mass is 9.82. The molecule has 8 heteroatoms. The van der Waals surface area contributed by atoms with Gasteiger partial charge in [0, 0.05) is 49.8 Å². The van der Waals surface area contributed by atoms with Crippen LogP contribution in [0.3, 0.4) is 0 Å². The number of carbonyl (C=O) groups is 1. The fraction of sp³-hybridized carbons (Fsp3) is 0.560. The summed E-state index contributed by atoms with van der Waals surface area (Å²) < 4.78 is 18.0. The van der Waals surface area contributed by atoms with Gasteiger partial charge in [0.2, 0.25) is 0 Å². The van der Waals surface area contributed by atoms with E-state index in [0.717, 1.165) is 17.7 Å². The lowest BCUT2D eigenvalue weighted by molar-refractivity contribution is 0.0521. The molecule has 2 rings (SSSR count). The highest BCUT2D eigenvalue weighted by Gasteiger charge is 2.30. The van der Waals surface area contributed by atoms with E-state index in [4.69, 9.17) is 25.8 Å². The van der Waals surface area contributed by atoms with Crippen LogP contribution in [0.4, 0.5) is 0 Å². The number of aromatic nitrogens is 2. The molecule has 2 aromatic heterocycles. The van der Waals surface area contributed by atoms with Crippen molar-refractivity contribution in [1.82, 2.24) is 9.55 Å².